The molecule has 0 aliphatic heterocycles. The second-order valence-corrected chi connectivity index (χ2v) is 5.82. The van der Waals surface area contributed by atoms with Gasteiger partial charge in [0.1, 0.15) is 5.82 Å². The van der Waals surface area contributed by atoms with Crippen LogP contribution in [0.2, 0.25) is 0 Å². The first-order valence-electron chi connectivity index (χ1n) is 6.30. The van der Waals surface area contributed by atoms with Gasteiger partial charge in [-0.1, -0.05) is 20.8 Å². The van der Waals surface area contributed by atoms with Crippen molar-refractivity contribution in [1.82, 2.24) is 5.32 Å². The maximum Gasteiger partial charge on any atom is 0.312 e. The summed E-state index contributed by atoms with van der Waals surface area (Å²) in [7, 11) is 0. The molecule has 1 rings (SSSR count). The standard InChI is InChI=1S/C13H18BrFN2O3/c1-8(2)16-6-9(3)7-20-13-5-11(15)10(14)4-12(13)17(18)19/h4-5,8-9,16H,6-7H2,1-3H3. The minimum atomic E-state index is -0.587. The van der Waals surface area contributed by atoms with Gasteiger partial charge in [-0.25, -0.2) is 4.39 Å². The van der Waals surface area contributed by atoms with E-state index in [-0.39, 0.29) is 28.4 Å². The average Bonchev–Trinajstić information content (AvgIpc) is 2.36. The van der Waals surface area contributed by atoms with Crippen molar-refractivity contribution in [2.24, 2.45) is 5.92 Å². The molecule has 0 spiro atoms. The lowest BCUT2D eigenvalue weighted by Gasteiger charge is -2.16. The third kappa shape index (κ3) is 5.05. The van der Waals surface area contributed by atoms with E-state index in [1.54, 1.807) is 0 Å². The lowest BCUT2D eigenvalue weighted by atomic mass is 10.2. The number of ether oxygens (including phenoxy) is 1. The first kappa shape index (κ1) is 16.8. The molecule has 0 amide bonds. The Morgan fingerprint density at radius 3 is 2.65 bits per heavy atom. The van der Waals surface area contributed by atoms with E-state index in [2.05, 4.69) is 21.2 Å². The van der Waals surface area contributed by atoms with Crippen molar-refractivity contribution in [3.8, 4) is 5.75 Å². The van der Waals surface area contributed by atoms with Crippen LogP contribution in [0.3, 0.4) is 0 Å². The number of rotatable bonds is 7. The molecule has 1 unspecified atom stereocenters. The molecule has 1 atom stereocenters. The number of hydrogen-bond donors (Lipinski definition) is 1. The first-order chi connectivity index (χ1) is 9.31. The van der Waals surface area contributed by atoms with Crippen LogP contribution in [0.1, 0.15) is 20.8 Å². The van der Waals surface area contributed by atoms with E-state index < -0.39 is 10.7 Å². The molecule has 0 radical (unpaired) electrons. The van der Waals surface area contributed by atoms with E-state index in [1.807, 2.05) is 20.8 Å². The minimum absolute atomic E-state index is 0.0473. The molecule has 0 fully saturated rings. The highest BCUT2D eigenvalue weighted by molar-refractivity contribution is 9.10. The predicted octanol–water partition coefficient (Wildman–Crippen LogP) is 3.51. The topological polar surface area (TPSA) is 64.4 Å². The minimum Gasteiger partial charge on any atom is -0.486 e. The fourth-order valence-electron chi connectivity index (χ4n) is 1.50. The van der Waals surface area contributed by atoms with Gasteiger partial charge in [-0.2, -0.15) is 0 Å². The van der Waals surface area contributed by atoms with Crippen molar-refractivity contribution in [3.63, 3.8) is 0 Å². The van der Waals surface area contributed by atoms with Crippen LogP contribution in [0, 0.1) is 21.8 Å². The van der Waals surface area contributed by atoms with Gasteiger partial charge < -0.3 is 10.1 Å². The van der Waals surface area contributed by atoms with Crippen LogP contribution in [-0.4, -0.2) is 24.1 Å². The van der Waals surface area contributed by atoms with Gasteiger partial charge >= 0.3 is 5.69 Å². The second kappa shape index (κ2) is 7.54. The van der Waals surface area contributed by atoms with Crippen molar-refractivity contribution in [3.05, 3.63) is 32.5 Å². The Hall–Kier alpha value is -1.21. The molecule has 5 nitrogen and oxygen atoms in total. The summed E-state index contributed by atoms with van der Waals surface area (Å²) in [5, 5.41) is 14.2. The van der Waals surface area contributed by atoms with Gasteiger partial charge in [0.15, 0.2) is 5.75 Å². The van der Waals surface area contributed by atoms with Gasteiger partial charge in [0.2, 0.25) is 0 Å². The highest BCUT2D eigenvalue weighted by Gasteiger charge is 2.19. The number of benzene rings is 1. The summed E-state index contributed by atoms with van der Waals surface area (Å²) >= 11 is 2.92. The molecule has 0 saturated heterocycles. The van der Waals surface area contributed by atoms with Crippen LogP contribution >= 0.6 is 15.9 Å². The molecule has 0 bridgehead atoms. The zero-order valence-corrected chi connectivity index (χ0v) is 13.2. The van der Waals surface area contributed by atoms with Crippen molar-refractivity contribution < 1.29 is 14.1 Å². The molecule has 7 heteroatoms. The fraction of sp³-hybridized carbons (Fsp3) is 0.538. The maximum atomic E-state index is 13.4. The molecule has 0 aromatic heterocycles. The van der Waals surface area contributed by atoms with Gasteiger partial charge in [-0.05, 0) is 15.9 Å². The van der Waals surface area contributed by atoms with Crippen molar-refractivity contribution in [1.29, 1.82) is 0 Å². The Kier molecular flexibility index (Phi) is 6.35. The van der Waals surface area contributed by atoms with Crippen LogP contribution in [-0.2, 0) is 0 Å². The quantitative estimate of drug-likeness (QED) is 0.604. The SMILES string of the molecule is CC(CNC(C)C)COc1cc(F)c(Br)cc1[N+](=O)[O-]. The largest absolute Gasteiger partial charge is 0.486 e. The van der Waals surface area contributed by atoms with E-state index in [9.17, 15) is 14.5 Å². The Labute approximate surface area is 125 Å². The van der Waals surface area contributed by atoms with Gasteiger partial charge in [-0.3, -0.25) is 10.1 Å². The Morgan fingerprint density at radius 1 is 1.45 bits per heavy atom. The number of nitro benzene ring substituents is 1. The Bertz CT molecular complexity index is 483. The molecule has 1 aromatic rings. The summed E-state index contributed by atoms with van der Waals surface area (Å²) in [4.78, 5) is 10.3. The van der Waals surface area contributed by atoms with E-state index in [1.165, 1.54) is 0 Å². The second-order valence-electron chi connectivity index (χ2n) is 4.97. The van der Waals surface area contributed by atoms with Gasteiger partial charge in [0.05, 0.1) is 16.0 Å². The summed E-state index contributed by atoms with van der Waals surface area (Å²) < 4.78 is 18.9. The first-order valence-corrected chi connectivity index (χ1v) is 7.10. The van der Waals surface area contributed by atoms with Crippen LogP contribution in [0.15, 0.2) is 16.6 Å². The molecule has 112 valence electrons. The van der Waals surface area contributed by atoms with E-state index >= 15 is 0 Å². The van der Waals surface area contributed by atoms with Crippen LogP contribution in [0.25, 0.3) is 0 Å². The van der Waals surface area contributed by atoms with E-state index in [0.29, 0.717) is 6.04 Å². The van der Waals surface area contributed by atoms with Crippen molar-refractivity contribution in [2.45, 2.75) is 26.8 Å². The third-order valence-corrected chi connectivity index (χ3v) is 3.20. The number of nitrogens with one attached hydrogen (secondary N) is 1. The lowest BCUT2D eigenvalue weighted by molar-refractivity contribution is -0.386. The highest BCUT2D eigenvalue weighted by atomic mass is 79.9. The molecular formula is C13H18BrFN2O3. The Morgan fingerprint density at radius 2 is 2.10 bits per heavy atom. The highest BCUT2D eigenvalue weighted by Crippen LogP contribution is 2.32. The number of nitrogens with zero attached hydrogens (tertiary/aromatic N) is 1. The summed E-state index contributed by atoms with van der Waals surface area (Å²) in [5.41, 5.74) is -0.248. The molecule has 0 aliphatic carbocycles. The van der Waals surface area contributed by atoms with Crippen molar-refractivity contribution >= 4 is 21.6 Å². The zero-order valence-electron chi connectivity index (χ0n) is 11.7. The van der Waals surface area contributed by atoms with Gasteiger partial charge in [0.25, 0.3) is 0 Å². The number of halogens is 2. The van der Waals surface area contributed by atoms with Gasteiger partial charge in [0, 0.05) is 30.6 Å². The summed E-state index contributed by atoms with van der Waals surface area (Å²) in [6, 6.07) is 2.50. The lowest BCUT2D eigenvalue weighted by Crippen LogP contribution is -2.30. The third-order valence-electron chi connectivity index (χ3n) is 2.60. The molecule has 0 saturated carbocycles. The summed E-state index contributed by atoms with van der Waals surface area (Å²) in [6.45, 7) is 7.02. The molecule has 0 aliphatic rings. The predicted molar refractivity (Wildman–Crippen MR) is 78.6 cm³/mol. The van der Waals surface area contributed by atoms with Crippen LogP contribution in [0.4, 0.5) is 10.1 Å². The average molecular weight is 349 g/mol. The Balaban J connectivity index is 2.72. The number of nitro groups is 1. The normalized spacial score (nSPS) is 12.5. The number of hydrogen-bond acceptors (Lipinski definition) is 4. The molecule has 20 heavy (non-hydrogen) atoms. The van der Waals surface area contributed by atoms with E-state index in [4.69, 9.17) is 4.74 Å². The summed E-state index contributed by atoms with van der Waals surface area (Å²) in [5.74, 6) is -0.477. The van der Waals surface area contributed by atoms with Crippen LogP contribution in [0.5, 0.6) is 5.75 Å². The molecule has 1 aromatic carbocycles. The molecule has 0 heterocycles. The van der Waals surface area contributed by atoms with E-state index in [0.717, 1.165) is 18.7 Å². The summed E-state index contributed by atoms with van der Waals surface area (Å²) in [6.07, 6.45) is 0. The van der Waals surface area contributed by atoms with Crippen LogP contribution < -0.4 is 10.1 Å². The monoisotopic (exact) mass is 348 g/mol. The maximum absolute atomic E-state index is 13.4. The van der Waals surface area contributed by atoms with Gasteiger partial charge in [-0.15, -0.1) is 0 Å². The van der Waals surface area contributed by atoms with Crippen molar-refractivity contribution in [2.75, 3.05) is 13.2 Å². The molecule has 1 N–H and O–H groups in total. The zero-order chi connectivity index (χ0) is 15.3. The smallest absolute Gasteiger partial charge is 0.312 e. The molecular weight excluding hydrogens is 331 g/mol. The fourth-order valence-corrected chi connectivity index (χ4v) is 1.84.